The number of hydrogen-bond acceptors (Lipinski definition) is 1. The molecule has 3 rings (SSSR count). The van der Waals surface area contributed by atoms with Gasteiger partial charge in [0.15, 0.2) is 0 Å². The molecule has 0 amide bonds. The third-order valence-corrected chi connectivity index (χ3v) is 5.28. The first-order valence-electron chi connectivity index (χ1n) is 6.99. The molecule has 0 aliphatic heterocycles. The van der Waals surface area contributed by atoms with Crippen LogP contribution in [-0.4, -0.2) is 12.2 Å². The number of rotatable bonds is 3. The fraction of sp³-hybridized carbons (Fsp3) is 0.867. The Kier molecular flexibility index (Phi) is 2.62. The molecule has 1 heteroatoms. The zero-order valence-corrected chi connectivity index (χ0v) is 10.7. The van der Waals surface area contributed by atoms with Gasteiger partial charge in [0, 0.05) is 0 Å². The van der Waals surface area contributed by atoms with Gasteiger partial charge in [-0.25, -0.2) is 0 Å². The maximum absolute atomic E-state index is 6.28. The fourth-order valence-corrected chi connectivity index (χ4v) is 4.07. The Hall–Kier alpha value is -0.300. The van der Waals surface area contributed by atoms with Crippen LogP contribution in [0.1, 0.15) is 40.0 Å². The van der Waals surface area contributed by atoms with Gasteiger partial charge in [-0.2, -0.15) is 0 Å². The summed E-state index contributed by atoms with van der Waals surface area (Å²) in [4.78, 5) is 0. The summed E-state index contributed by atoms with van der Waals surface area (Å²) in [5.41, 5.74) is 0. The normalized spacial score (nSPS) is 46.6. The van der Waals surface area contributed by atoms with Crippen molar-refractivity contribution in [2.24, 2.45) is 29.6 Å². The van der Waals surface area contributed by atoms with Crippen molar-refractivity contribution < 1.29 is 4.74 Å². The summed E-state index contributed by atoms with van der Waals surface area (Å²) in [5.74, 6) is 4.31. The molecule has 0 aromatic carbocycles. The molecule has 90 valence electrons. The van der Waals surface area contributed by atoms with E-state index in [1.807, 2.05) is 0 Å². The van der Waals surface area contributed by atoms with Gasteiger partial charge < -0.3 is 4.74 Å². The number of fused-ring (bicyclic) bond motifs is 5. The van der Waals surface area contributed by atoms with Gasteiger partial charge in [-0.1, -0.05) is 26.0 Å². The molecule has 0 spiro atoms. The van der Waals surface area contributed by atoms with Gasteiger partial charge in [0.2, 0.25) is 0 Å². The van der Waals surface area contributed by atoms with Gasteiger partial charge in [-0.05, 0) is 55.8 Å². The predicted octanol–water partition coefficient (Wildman–Crippen LogP) is 3.65. The van der Waals surface area contributed by atoms with E-state index in [-0.39, 0.29) is 0 Å². The van der Waals surface area contributed by atoms with Crippen molar-refractivity contribution in [1.29, 1.82) is 0 Å². The van der Waals surface area contributed by atoms with Crippen LogP contribution >= 0.6 is 0 Å². The Morgan fingerprint density at radius 1 is 1.12 bits per heavy atom. The average Bonchev–Trinajstić information content (AvgIpc) is 2.87. The summed E-state index contributed by atoms with van der Waals surface area (Å²) in [6, 6.07) is 0. The molecule has 2 fully saturated rings. The second-order valence-corrected chi connectivity index (χ2v) is 6.42. The van der Waals surface area contributed by atoms with E-state index in [0.29, 0.717) is 18.1 Å². The third-order valence-electron chi connectivity index (χ3n) is 5.28. The van der Waals surface area contributed by atoms with Crippen molar-refractivity contribution in [2.75, 3.05) is 0 Å². The highest BCUT2D eigenvalue weighted by Crippen LogP contribution is 2.57. The summed E-state index contributed by atoms with van der Waals surface area (Å²) in [6.45, 7) is 6.75. The summed E-state index contributed by atoms with van der Waals surface area (Å²) < 4.78 is 6.28. The van der Waals surface area contributed by atoms with Crippen LogP contribution in [0.2, 0.25) is 0 Å². The van der Waals surface area contributed by atoms with Gasteiger partial charge >= 0.3 is 0 Å². The van der Waals surface area contributed by atoms with Crippen LogP contribution in [0.4, 0.5) is 0 Å². The molecule has 2 bridgehead atoms. The van der Waals surface area contributed by atoms with Crippen molar-refractivity contribution in [3.8, 4) is 0 Å². The van der Waals surface area contributed by atoms with Crippen molar-refractivity contribution in [3.05, 3.63) is 12.2 Å². The minimum Gasteiger partial charge on any atom is -0.375 e. The molecule has 0 N–H and O–H groups in total. The molecule has 6 atom stereocenters. The Balaban J connectivity index is 1.65. The molecule has 5 unspecified atom stereocenters. The SMILES string of the molecule is CC(C)[C@@H](C)OC1CC2CC1C1C=CCC21. The van der Waals surface area contributed by atoms with Gasteiger partial charge in [0.25, 0.3) is 0 Å². The Morgan fingerprint density at radius 2 is 1.94 bits per heavy atom. The Morgan fingerprint density at radius 3 is 2.69 bits per heavy atom. The first-order chi connectivity index (χ1) is 7.66. The maximum atomic E-state index is 6.28. The molecule has 2 saturated carbocycles. The summed E-state index contributed by atoms with van der Waals surface area (Å²) in [7, 11) is 0. The molecule has 0 heterocycles. The minimum atomic E-state index is 0.424. The van der Waals surface area contributed by atoms with Gasteiger partial charge in [0.1, 0.15) is 0 Å². The first kappa shape index (κ1) is 10.8. The number of allylic oxidation sites excluding steroid dienone is 2. The smallest absolute Gasteiger partial charge is 0.0615 e. The van der Waals surface area contributed by atoms with Crippen LogP contribution in [0.15, 0.2) is 12.2 Å². The lowest BCUT2D eigenvalue weighted by molar-refractivity contribution is -0.0631. The fourth-order valence-electron chi connectivity index (χ4n) is 4.07. The Bertz CT molecular complexity index is 294. The lowest BCUT2D eigenvalue weighted by Crippen LogP contribution is -2.34. The first-order valence-corrected chi connectivity index (χ1v) is 6.99. The van der Waals surface area contributed by atoms with Crippen LogP contribution in [0.3, 0.4) is 0 Å². The minimum absolute atomic E-state index is 0.424. The standard InChI is InChI=1S/C15H24O/c1-9(2)10(3)16-15-8-11-7-14(15)13-6-4-5-12(11)13/h4,6,9-15H,5,7-8H2,1-3H3/t10-,11?,12?,13?,14?,15?/m1/s1. The quantitative estimate of drug-likeness (QED) is 0.660. The van der Waals surface area contributed by atoms with Crippen LogP contribution in [0.25, 0.3) is 0 Å². The molecule has 0 aromatic rings. The highest BCUT2D eigenvalue weighted by atomic mass is 16.5. The van der Waals surface area contributed by atoms with E-state index in [1.54, 1.807) is 0 Å². The summed E-state index contributed by atoms with van der Waals surface area (Å²) >= 11 is 0. The second-order valence-electron chi connectivity index (χ2n) is 6.42. The van der Waals surface area contributed by atoms with E-state index in [1.165, 1.54) is 19.3 Å². The molecule has 16 heavy (non-hydrogen) atoms. The monoisotopic (exact) mass is 220 g/mol. The van der Waals surface area contributed by atoms with Crippen LogP contribution < -0.4 is 0 Å². The Labute approximate surface area is 99.3 Å². The van der Waals surface area contributed by atoms with Gasteiger partial charge in [0.05, 0.1) is 12.2 Å². The summed E-state index contributed by atoms with van der Waals surface area (Å²) in [5, 5.41) is 0. The van der Waals surface area contributed by atoms with E-state index >= 15 is 0 Å². The van der Waals surface area contributed by atoms with Crippen molar-refractivity contribution >= 4 is 0 Å². The van der Waals surface area contributed by atoms with Gasteiger partial charge in [-0.15, -0.1) is 0 Å². The average molecular weight is 220 g/mol. The lowest BCUT2D eigenvalue weighted by Gasteiger charge is -2.33. The largest absolute Gasteiger partial charge is 0.375 e. The lowest BCUT2D eigenvalue weighted by atomic mass is 9.80. The molecule has 3 aliphatic carbocycles. The third kappa shape index (κ3) is 1.55. The van der Waals surface area contributed by atoms with Gasteiger partial charge in [-0.3, -0.25) is 0 Å². The molecule has 3 aliphatic rings. The maximum Gasteiger partial charge on any atom is 0.0615 e. The van der Waals surface area contributed by atoms with E-state index in [9.17, 15) is 0 Å². The molecular weight excluding hydrogens is 196 g/mol. The van der Waals surface area contributed by atoms with E-state index in [0.717, 1.165) is 23.7 Å². The number of hydrogen-bond donors (Lipinski definition) is 0. The van der Waals surface area contributed by atoms with Crippen molar-refractivity contribution in [2.45, 2.75) is 52.2 Å². The van der Waals surface area contributed by atoms with E-state index in [2.05, 4.69) is 32.9 Å². The van der Waals surface area contributed by atoms with Crippen molar-refractivity contribution in [3.63, 3.8) is 0 Å². The predicted molar refractivity (Wildman–Crippen MR) is 66.1 cm³/mol. The van der Waals surface area contributed by atoms with E-state index in [4.69, 9.17) is 4.74 Å². The zero-order chi connectivity index (χ0) is 11.3. The topological polar surface area (TPSA) is 9.23 Å². The van der Waals surface area contributed by atoms with Crippen molar-refractivity contribution in [1.82, 2.24) is 0 Å². The number of ether oxygens (including phenoxy) is 1. The molecular formula is C15H24O. The van der Waals surface area contributed by atoms with Crippen LogP contribution in [0, 0.1) is 29.6 Å². The zero-order valence-electron chi connectivity index (χ0n) is 10.7. The van der Waals surface area contributed by atoms with E-state index < -0.39 is 0 Å². The second kappa shape index (κ2) is 3.87. The van der Waals surface area contributed by atoms with Crippen LogP contribution in [0.5, 0.6) is 0 Å². The molecule has 0 saturated heterocycles. The van der Waals surface area contributed by atoms with Crippen LogP contribution in [-0.2, 0) is 4.74 Å². The summed E-state index contributed by atoms with van der Waals surface area (Å²) in [6.07, 6.45) is 9.99. The molecule has 0 aromatic heterocycles. The molecule has 0 radical (unpaired) electrons. The highest BCUT2D eigenvalue weighted by molar-refractivity contribution is 5.14. The highest BCUT2D eigenvalue weighted by Gasteiger charge is 2.53. The molecule has 1 nitrogen and oxygen atoms in total.